The van der Waals surface area contributed by atoms with Gasteiger partial charge in [0.2, 0.25) is 5.91 Å². The van der Waals surface area contributed by atoms with E-state index < -0.39 is 0 Å². The van der Waals surface area contributed by atoms with Crippen molar-refractivity contribution >= 4 is 35.0 Å². The van der Waals surface area contributed by atoms with Crippen molar-refractivity contribution in [1.29, 1.82) is 0 Å². The van der Waals surface area contributed by atoms with Crippen molar-refractivity contribution in [3.05, 3.63) is 47.2 Å². The minimum absolute atomic E-state index is 0.166. The summed E-state index contributed by atoms with van der Waals surface area (Å²) in [6.45, 7) is 4.58. The van der Waals surface area contributed by atoms with Crippen molar-refractivity contribution in [3.63, 3.8) is 0 Å². The van der Waals surface area contributed by atoms with Gasteiger partial charge >= 0.3 is 0 Å². The van der Waals surface area contributed by atoms with E-state index >= 15 is 0 Å². The second-order valence-corrected chi connectivity index (χ2v) is 7.27. The quantitative estimate of drug-likeness (QED) is 0.584. The molecule has 28 heavy (non-hydrogen) atoms. The standard InChI is InChI=1S/C19H20ClN5O2S/c1-4-25-18(13-5-7-21-8-6-13)23-24-19(25)28-11-17(26)22-15-9-12(2)14(20)10-16(15)27-3/h5-10H,4,11H2,1-3H3,(H,22,26). The molecule has 0 aliphatic heterocycles. The molecule has 146 valence electrons. The van der Waals surface area contributed by atoms with Crippen molar-refractivity contribution < 1.29 is 9.53 Å². The first kappa shape index (κ1) is 20.2. The zero-order valence-corrected chi connectivity index (χ0v) is 17.3. The molecule has 9 heteroatoms. The van der Waals surface area contributed by atoms with E-state index in [1.807, 2.05) is 30.5 Å². The van der Waals surface area contributed by atoms with Crippen LogP contribution in [0.25, 0.3) is 11.4 Å². The van der Waals surface area contributed by atoms with Gasteiger partial charge < -0.3 is 14.6 Å². The van der Waals surface area contributed by atoms with Crippen LogP contribution in [-0.4, -0.2) is 38.5 Å². The lowest BCUT2D eigenvalue weighted by Gasteiger charge is -2.12. The third-order valence-corrected chi connectivity index (χ3v) is 5.43. The van der Waals surface area contributed by atoms with Gasteiger partial charge in [0, 0.05) is 35.6 Å². The van der Waals surface area contributed by atoms with Crippen molar-refractivity contribution in [2.45, 2.75) is 25.5 Å². The summed E-state index contributed by atoms with van der Waals surface area (Å²) in [5.74, 6) is 1.30. The molecule has 0 spiro atoms. The molecule has 0 atom stereocenters. The molecule has 0 unspecified atom stereocenters. The van der Waals surface area contributed by atoms with E-state index in [-0.39, 0.29) is 11.7 Å². The molecule has 0 saturated carbocycles. The molecule has 2 aromatic heterocycles. The fraction of sp³-hybridized carbons (Fsp3) is 0.263. The third kappa shape index (κ3) is 4.45. The first-order valence-electron chi connectivity index (χ1n) is 8.63. The van der Waals surface area contributed by atoms with Gasteiger partial charge in [-0.1, -0.05) is 23.4 Å². The van der Waals surface area contributed by atoms with E-state index in [2.05, 4.69) is 20.5 Å². The average molecular weight is 418 g/mol. The summed E-state index contributed by atoms with van der Waals surface area (Å²) in [4.78, 5) is 16.5. The minimum Gasteiger partial charge on any atom is -0.495 e. The van der Waals surface area contributed by atoms with Crippen LogP contribution >= 0.6 is 23.4 Å². The number of anilines is 1. The van der Waals surface area contributed by atoms with E-state index in [0.717, 1.165) is 17.0 Å². The molecule has 0 aliphatic carbocycles. The van der Waals surface area contributed by atoms with Crippen LogP contribution in [0.3, 0.4) is 0 Å². The highest BCUT2D eigenvalue weighted by molar-refractivity contribution is 7.99. The molecule has 7 nitrogen and oxygen atoms in total. The average Bonchev–Trinajstić information content (AvgIpc) is 3.12. The fourth-order valence-corrected chi connectivity index (χ4v) is 3.60. The lowest BCUT2D eigenvalue weighted by molar-refractivity contribution is -0.113. The third-order valence-electron chi connectivity index (χ3n) is 4.06. The highest BCUT2D eigenvalue weighted by Gasteiger charge is 2.16. The Kier molecular flexibility index (Phi) is 6.53. The summed E-state index contributed by atoms with van der Waals surface area (Å²) in [5.41, 5.74) is 2.38. The lowest BCUT2D eigenvalue weighted by Crippen LogP contribution is -2.15. The van der Waals surface area contributed by atoms with Crippen molar-refractivity contribution in [2.75, 3.05) is 18.2 Å². The van der Waals surface area contributed by atoms with Gasteiger partial charge in [-0.3, -0.25) is 9.78 Å². The van der Waals surface area contributed by atoms with Gasteiger partial charge in [0.1, 0.15) is 5.75 Å². The highest BCUT2D eigenvalue weighted by atomic mass is 35.5. The maximum absolute atomic E-state index is 12.4. The van der Waals surface area contributed by atoms with Gasteiger partial charge in [-0.15, -0.1) is 10.2 Å². The molecular weight excluding hydrogens is 398 g/mol. The van der Waals surface area contributed by atoms with Crippen LogP contribution in [0.1, 0.15) is 12.5 Å². The van der Waals surface area contributed by atoms with Gasteiger partial charge in [-0.2, -0.15) is 0 Å². The second-order valence-electron chi connectivity index (χ2n) is 5.92. The Morgan fingerprint density at radius 2 is 2.04 bits per heavy atom. The molecule has 3 aromatic rings. The Labute approximate surface area is 172 Å². The summed E-state index contributed by atoms with van der Waals surface area (Å²) in [6, 6.07) is 7.24. The Morgan fingerprint density at radius 3 is 2.71 bits per heavy atom. The van der Waals surface area contributed by atoms with Crippen molar-refractivity contribution in [3.8, 4) is 17.1 Å². The van der Waals surface area contributed by atoms with E-state index in [1.54, 1.807) is 24.5 Å². The largest absolute Gasteiger partial charge is 0.495 e. The van der Waals surface area contributed by atoms with E-state index in [4.69, 9.17) is 16.3 Å². The van der Waals surface area contributed by atoms with Crippen LogP contribution < -0.4 is 10.1 Å². The molecule has 0 fully saturated rings. The Morgan fingerprint density at radius 1 is 1.29 bits per heavy atom. The predicted octanol–water partition coefficient (Wildman–Crippen LogP) is 4.06. The number of ether oxygens (including phenoxy) is 1. The molecule has 1 aromatic carbocycles. The van der Waals surface area contributed by atoms with Gasteiger partial charge in [-0.25, -0.2) is 0 Å². The smallest absolute Gasteiger partial charge is 0.234 e. The first-order chi connectivity index (χ1) is 13.5. The van der Waals surface area contributed by atoms with Crippen LogP contribution in [0.4, 0.5) is 5.69 Å². The van der Waals surface area contributed by atoms with Crippen LogP contribution in [0.15, 0.2) is 41.8 Å². The van der Waals surface area contributed by atoms with Crippen LogP contribution in [0, 0.1) is 6.92 Å². The van der Waals surface area contributed by atoms with Gasteiger partial charge in [-0.05, 0) is 37.6 Å². The van der Waals surface area contributed by atoms with E-state index in [9.17, 15) is 4.79 Å². The topological polar surface area (TPSA) is 81.9 Å². The van der Waals surface area contributed by atoms with Crippen molar-refractivity contribution in [2.24, 2.45) is 0 Å². The number of amides is 1. The molecule has 2 heterocycles. The number of methoxy groups -OCH3 is 1. The molecule has 0 aliphatic rings. The van der Waals surface area contributed by atoms with Gasteiger partial charge in [0.05, 0.1) is 18.6 Å². The van der Waals surface area contributed by atoms with E-state index in [1.165, 1.54) is 18.9 Å². The summed E-state index contributed by atoms with van der Waals surface area (Å²) in [6.07, 6.45) is 3.43. The van der Waals surface area contributed by atoms with Gasteiger partial charge in [0.25, 0.3) is 0 Å². The Hall–Kier alpha value is -2.58. The molecular formula is C19H20ClN5O2S. The number of thioether (sulfide) groups is 1. The summed E-state index contributed by atoms with van der Waals surface area (Å²) < 4.78 is 7.27. The summed E-state index contributed by atoms with van der Waals surface area (Å²) >= 11 is 7.44. The lowest BCUT2D eigenvalue weighted by atomic mass is 10.2. The van der Waals surface area contributed by atoms with Crippen LogP contribution in [-0.2, 0) is 11.3 Å². The number of nitrogens with zero attached hydrogens (tertiary/aromatic N) is 4. The number of carbonyl (C=O) groups is 1. The molecule has 1 N–H and O–H groups in total. The summed E-state index contributed by atoms with van der Waals surface area (Å²) in [7, 11) is 1.54. The maximum atomic E-state index is 12.4. The maximum Gasteiger partial charge on any atom is 0.234 e. The number of halogens is 1. The number of nitrogens with one attached hydrogen (secondary N) is 1. The fourth-order valence-electron chi connectivity index (χ4n) is 2.64. The number of rotatable bonds is 7. The monoisotopic (exact) mass is 417 g/mol. The highest BCUT2D eigenvalue weighted by Crippen LogP contribution is 2.31. The van der Waals surface area contributed by atoms with Crippen LogP contribution in [0.2, 0.25) is 5.02 Å². The number of carbonyl (C=O) groups excluding carboxylic acids is 1. The number of benzene rings is 1. The zero-order chi connectivity index (χ0) is 20.1. The minimum atomic E-state index is -0.166. The molecule has 0 bridgehead atoms. The first-order valence-corrected chi connectivity index (χ1v) is 10.00. The summed E-state index contributed by atoms with van der Waals surface area (Å²) in [5, 5.41) is 12.6. The molecule has 0 radical (unpaired) electrons. The zero-order valence-electron chi connectivity index (χ0n) is 15.8. The Bertz CT molecular complexity index is 978. The molecule has 3 rings (SSSR count). The number of pyridine rings is 1. The number of hydrogen-bond donors (Lipinski definition) is 1. The normalized spacial score (nSPS) is 10.7. The molecule has 0 saturated heterocycles. The van der Waals surface area contributed by atoms with E-state index in [0.29, 0.717) is 28.2 Å². The van der Waals surface area contributed by atoms with Crippen molar-refractivity contribution in [1.82, 2.24) is 19.7 Å². The van der Waals surface area contributed by atoms with Gasteiger partial charge in [0.15, 0.2) is 11.0 Å². The number of hydrogen-bond acceptors (Lipinski definition) is 6. The Balaban J connectivity index is 1.70. The SMILES string of the molecule is CCn1c(SCC(=O)Nc2cc(C)c(Cl)cc2OC)nnc1-c1ccncc1. The van der Waals surface area contributed by atoms with Crippen LogP contribution in [0.5, 0.6) is 5.75 Å². The number of aryl methyl sites for hydroxylation is 1. The number of aromatic nitrogens is 4. The second kappa shape index (κ2) is 9.07. The molecule has 1 amide bonds. The predicted molar refractivity (Wildman–Crippen MR) is 111 cm³/mol.